The molecule has 0 amide bonds. The van der Waals surface area contributed by atoms with E-state index in [9.17, 15) is 0 Å². The van der Waals surface area contributed by atoms with Gasteiger partial charge in [-0.15, -0.1) is 0 Å². The second kappa shape index (κ2) is 7.87. The van der Waals surface area contributed by atoms with Gasteiger partial charge in [-0.2, -0.15) is 0 Å². The highest BCUT2D eigenvalue weighted by Gasteiger charge is 2.20. The van der Waals surface area contributed by atoms with Crippen molar-refractivity contribution in [2.45, 2.75) is 39.3 Å². The summed E-state index contributed by atoms with van der Waals surface area (Å²) in [5.41, 5.74) is 1.12. The summed E-state index contributed by atoms with van der Waals surface area (Å²) in [6.45, 7) is 8.95. The highest BCUT2D eigenvalue weighted by Crippen LogP contribution is 2.23. The Kier molecular flexibility index (Phi) is 6.46. The van der Waals surface area contributed by atoms with E-state index in [-0.39, 0.29) is 0 Å². The van der Waals surface area contributed by atoms with Crippen LogP contribution in [0.2, 0.25) is 0 Å². The number of piperidine rings is 1. The molecule has 2 rings (SSSR count). The van der Waals surface area contributed by atoms with Gasteiger partial charge < -0.3 is 5.32 Å². The van der Waals surface area contributed by atoms with Gasteiger partial charge in [0, 0.05) is 34.3 Å². The molecule has 20 heavy (non-hydrogen) atoms. The molecule has 3 nitrogen and oxygen atoms in total. The van der Waals surface area contributed by atoms with Crippen molar-refractivity contribution in [3.8, 4) is 0 Å². The topological polar surface area (TPSA) is 28.2 Å². The van der Waals surface area contributed by atoms with E-state index in [1.165, 1.54) is 19.4 Å². The minimum Gasteiger partial charge on any atom is -0.317 e. The van der Waals surface area contributed by atoms with Crippen LogP contribution in [-0.2, 0) is 6.54 Å². The van der Waals surface area contributed by atoms with Crippen molar-refractivity contribution in [3.05, 3.63) is 26.9 Å². The number of pyridine rings is 1. The Morgan fingerprint density at radius 1 is 1.35 bits per heavy atom. The lowest BCUT2D eigenvalue weighted by Crippen LogP contribution is -2.39. The fourth-order valence-corrected chi connectivity index (χ4v) is 3.72. The second-order valence-corrected chi connectivity index (χ2v) is 7.57. The predicted octanol–water partition coefficient (Wildman–Crippen LogP) is 3.82. The average Bonchev–Trinajstić information content (AvgIpc) is 2.42. The Balaban J connectivity index is 2.01. The van der Waals surface area contributed by atoms with Crippen LogP contribution in [0.25, 0.3) is 0 Å². The normalized spacial score (nSPS) is 17.1. The molecule has 112 valence electrons. The van der Waals surface area contributed by atoms with Crippen LogP contribution in [0.5, 0.6) is 0 Å². The molecular formula is C15H23Br2N3. The van der Waals surface area contributed by atoms with Gasteiger partial charge in [0.25, 0.3) is 0 Å². The van der Waals surface area contributed by atoms with Gasteiger partial charge in [0.15, 0.2) is 0 Å². The molecule has 1 saturated heterocycles. The summed E-state index contributed by atoms with van der Waals surface area (Å²) in [7, 11) is 0. The zero-order valence-electron chi connectivity index (χ0n) is 12.2. The van der Waals surface area contributed by atoms with Crippen molar-refractivity contribution >= 4 is 31.9 Å². The van der Waals surface area contributed by atoms with Gasteiger partial charge in [0.2, 0.25) is 0 Å². The summed E-state index contributed by atoms with van der Waals surface area (Å²) in [6, 6.07) is 2.62. The molecule has 0 saturated carbocycles. The van der Waals surface area contributed by atoms with Gasteiger partial charge in [0.1, 0.15) is 0 Å². The predicted molar refractivity (Wildman–Crippen MR) is 90.8 cm³/mol. The number of hydrogen-bond donors (Lipinski definition) is 1. The summed E-state index contributed by atoms with van der Waals surface area (Å²) >= 11 is 7.08. The summed E-state index contributed by atoms with van der Waals surface area (Å²) in [4.78, 5) is 7.08. The molecule has 1 aromatic rings. The van der Waals surface area contributed by atoms with Crippen molar-refractivity contribution in [1.29, 1.82) is 0 Å². The lowest BCUT2D eigenvalue weighted by Gasteiger charge is -2.32. The minimum atomic E-state index is 0.544. The molecule has 1 aliphatic rings. The number of hydrogen-bond acceptors (Lipinski definition) is 3. The number of rotatable bonds is 5. The second-order valence-electron chi connectivity index (χ2n) is 5.80. The molecular weight excluding hydrogens is 382 g/mol. The van der Waals surface area contributed by atoms with E-state index in [0.717, 1.165) is 40.2 Å². The van der Waals surface area contributed by atoms with Crippen LogP contribution in [0.4, 0.5) is 0 Å². The summed E-state index contributed by atoms with van der Waals surface area (Å²) in [5, 5.41) is 3.44. The SMILES string of the molecule is CC(C)N(Cc1ncc(Br)cc1Br)CC1CCNCC1. The van der Waals surface area contributed by atoms with Gasteiger partial charge in [-0.25, -0.2) is 0 Å². The van der Waals surface area contributed by atoms with E-state index < -0.39 is 0 Å². The molecule has 0 unspecified atom stereocenters. The van der Waals surface area contributed by atoms with Crippen LogP contribution in [0.1, 0.15) is 32.4 Å². The molecule has 5 heteroatoms. The third-order valence-corrected chi connectivity index (χ3v) is 5.04. The van der Waals surface area contributed by atoms with E-state index in [0.29, 0.717) is 6.04 Å². The zero-order valence-corrected chi connectivity index (χ0v) is 15.4. The Morgan fingerprint density at radius 3 is 2.65 bits per heavy atom. The largest absolute Gasteiger partial charge is 0.317 e. The maximum atomic E-state index is 4.55. The Bertz CT molecular complexity index is 431. The monoisotopic (exact) mass is 403 g/mol. The first kappa shape index (κ1) is 16.4. The number of halogens is 2. The van der Waals surface area contributed by atoms with Crippen molar-refractivity contribution in [2.24, 2.45) is 5.92 Å². The molecule has 0 spiro atoms. The fraction of sp³-hybridized carbons (Fsp3) is 0.667. The van der Waals surface area contributed by atoms with Gasteiger partial charge in [-0.3, -0.25) is 9.88 Å². The molecule has 0 aliphatic carbocycles. The smallest absolute Gasteiger partial charge is 0.0686 e. The summed E-state index contributed by atoms with van der Waals surface area (Å²) in [5.74, 6) is 0.813. The third kappa shape index (κ3) is 4.79. The molecule has 1 aliphatic heterocycles. The van der Waals surface area contributed by atoms with Gasteiger partial charge >= 0.3 is 0 Å². The lowest BCUT2D eigenvalue weighted by atomic mass is 9.97. The summed E-state index contributed by atoms with van der Waals surface area (Å²) in [6.07, 6.45) is 4.46. The van der Waals surface area contributed by atoms with Gasteiger partial charge in [-0.05, 0) is 83.6 Å². The first-order valence-corrected chi connectivity index (χ1v) is 8.89. The lowest BCUT2D eigenvalue weighted by molar-refractivity contribution is 0.160. The molecule has 0 aromatic carbocycles. The van der Waals surface area contributed by atoms with E-state index in [1.54, 1.807) is 0 Å². The number of nitrogens with one attached hydrogen (secondary N) is 1. The average molecular weight is 405 g/mol. The van der Waals surface area contributed by atoms with Crippen LogP contribution >= 0.6 is 31.9 Å². The Labute approximate surface area is 138 Å². The van der Waals surface area contributed by atoms with Crippen molar-refractivity contribution < 1.29 is 0 Å². The van der Waals surface area contributed by atoms with Gasteiger partial charge in [-0.1, -0.05) is 0 Å². The van der Waals surface area contributed by atoms with Crippen LogP contribution in [0.15, 0.2) is 21.2 Å². The quantitative estimate of drug-likeness (QED) is 0.808. The zero-order chi connectivity index (χ0) is 14.5. The molecule has 0 bridgehead atoms. The van der Waals surface area contributed by atoms with E-state index in [1.807, 2.05) is 6.20 Å². The first-order chi connectivity index (χ1) is 9.56. The van der Waals surface area contributed by atoms with Crippen molar-refractivity contribution in [3.63, 3.8) is 0 Å². The fourth-order valence-electron chi connectivity index (χ4n) is 2.61. The van der Waals surface area contributed by atoms with Crippen LogP contribution in [-0.4, -0.2) is 35.6 Å². The Morgan fingerprint density at radius 2 is 2.05 bits per heavy atom. The number of aromatic nitrogens is 1. The van der Waals surface area contributed by atoms with Crippen molar-refractivity contribution in [2.75, 3.05) is 19.6 Å². The highest BCUT2D eigenvalue weighted by atomic mass is 79.9. The molecule has 0 radical (unpaired) electrons. The molecule has 1 N–H and O–H groups in total. The van der Waals surface area contributed by atoms with Crippen molar-refractivity contribution in [1.82, 2.24) is 15.2 Å². The maximum Gasteiger partial charge on any atom is 0.0686 e. The molecule has 1 aromatic heterocycles. The molecule has 0 atom stereocenters. The third-order valence-electron chi connectivity index (χ3n) is 3.92. The van der Waals surface area contributed by atoms with E-state index in [2.05, 4.69) is 67.0 Å². The van der Waals surface area contributed by atoms with Crippen LogP contribution in [0, 0.1) is 5.92 Å². The minimum absolute atomic E-state index is 0.544. The maximum absolute atomic E-state index is 4.55. The van der Waals surface area contributed by atoms with Crippen LogP contribution < -0.4 is 5.32 Å². The first-order valence-electron chi connectivity index (χ1n) is 7.31. The standard InChI is InChI=1S/C15H23Br2N3/c1-11(2)20(9-12-3-5-18-6-4-12)10-15-14(17)7-13(16)8-19-15/h7-8,11-12,18H,3-6,9-10H2,1-2H3. The van der Waals surface area contributed by atoms with Gasteiger partial charge in [0.05, 0.1) is 5.69 Å². The highest BCUT2D eigenvalue weighted by molar-refractivity contribution is 9.11. The van der Waals surface area contributed by atoms with E-state index >= 15 is 0 Å². The number of nitrogens with zero attached hydrogens (tertiary/aromatic N) is 2. The summed E-state index contributed by atoms with van der Waals surface area (Å²) < 4.78 is 2.10. The molecule has 1 fully saturated rings. The Hall–Kier alpha value is 0.0300. The molecule has 2 heterocycles. The van der Waals surface area contributed by atoms with E-state index in [4.69, 9.17) is 0 Å². The van der Waals surface area contributed by atoms with Crippen LogP contribution in [0.3, 0.4) is 0 Å².